The lowest BCUT2D eigenvalue weighted by Gasteiger charge is -2.42. The molecule has 0 aliphatic heterocycles. The van der Waals surface area contributed by atoms with Crippen molar-refractivity contribution in [1.29, 1.82) is 0 Å². The molecule has 0 aromatic heterocycles. The summed E-state index contributed by atoms with van der Waals surface area (Å²) in [5.74, 6) is 1.43. The summed E-state index contributed by atoms with van der Waals surface area (Å²) in [4.78, 5) is 12.6. The molecule has 0 heterocycles. The highest BCUT2D eigenvalue weighted by Gasteiger charge is 2.43. The van der Waals surface area contributed by atoms with Crippen molar-refractivity contribution in [2.24, 2.45) is 17.8 Å². The van der Waals surface area contributed by atoms with Crippen molar-refractivity contribution in [1.82, 2.24) is 0 Å². The summed E-state index contributed by atoms with van der Waals surface area (Å²) in [6.07, 6.45) is 11.4. The Balaban J connectivity index is 1.98. The van der Waals surface area contributed by atoms with E-state index in [4.69, 9.17) is 0 Å². The molecule has 0 saturated heterocycles. The van der Waals surface area contributed by atoms with Crippen LogP contribution in [0.15, 0.2) is 57.7 Å². The second-order valence-corrected chi connectivity index (χ2v) is 6.82. The van der Waals surface area contributed by atoms with Crippen LogP contribution in [0.4, 0.5) is 0 Å². The Morgan fingerprint density at radius 1 is 1.21 bits per heavy atom. The highest BCUT2D eigenvalue weighted by Crippen LogP contribution is 2.52. The molecular formula is C17H15BrO. The zero-order valence-electron chi connectivity index (χ0n) is 10.7. The zero-order chi connectivity index (χ0) is 13.1. The van der Waals surface area contributed by atoms with Gasteiger partial charge in [0.2, 0.25) is 0 Å². The van der Waals surface area contributed by atoms with E-state index < -0.39 is 0 Å². The molecule has 0 N–H and O–H groups in total. The Kier molecular flexibility index (Phi) is 2.41. The van der Waals surface area contributed by atoms with Crippen LogP contribution in [0.1, 0.15) is 19.3 Å². The van der Waals surface area contributed by atoms with Crippen molar-refractivity contribution < 1.29 is 4.79 Å². The molecule has 2 bridgehead atoms. The Hall–Kier alpha value is -1.15. The van der Waals surface area contributed by atoms with E-state index in [9.17, 15) is 4.79 Å². The van der Waals surface area contributed by atoms with Gasteiger partial charge in [-0.15, -0.1) is 0 Å². The van der Waals surface area contributed by atoms with Gasteiger partial charge in [-0.25, -0.2) is 0 Å². The monoisotopic (exact) mass is 314 g/mol. The van der Waals surface area contributed by atoms with E-state index in [-0.39, 0.29) is 5.92 Å². The molecule has 0 aromatic carbocycles. The van der Waals surface area contributed by atoms with Crippen LogP contribution < -0.4 is 0 Å². The number of Topliss-reactive ketones (excluding diaryl/α,β-unsaturated/α-hetero) is 1. The van der Waals surface area contributed by atoms with Crippen LogP contribution in [0, 0.1) is 17.8 Å². The summed E-state index contributed by atoms with van der Waals surface area (Å²) in [5.41, 5.74) is 4.63. The number of allylic oxidation sites excluding steroid dienone is 9. The maximum absolute atomic E-state index is 12.6. The van der Waals surface area contributed by atoms with E-state index in [0.29, 0.717) is 17.6 Å². The molecule has 0 radical (unpaired) electrons. The number of hydrogen-bond acceptors (Lipinski definition) is 1. The number of carbonyl (C=O) groups is 1. The molecule has 1 unspecified atom stereocenters. The third kappa shape index (κ3) is 1.50. The maximum Gasteiger partial charge on any atom is 0.166 e. The maximum atomic E-state index is 12.6. The van der Waals surface area contributed by atoms with E-state index in [2.05, 4.69) is 40.7 Å². The lowest BCUT2D eigenvalue weighted by molar-refractivity contribution is -0.122. The molecule has 5 aliphatic rings. The quantitative estimate of drug-likeness (QED) is 0.653. The topological polar surface area (TPSA) is 17.1 Å². The largest absolute Gasteiger partial charge is 0.294 e. The Bertz CT molecular complexity index is 624. The predicted molar refractivity (Wildman–Crippen MR) is 79.7 cm³/mol. The smallest absolute Gasteiger partial charge is 0.166 e. The number of carbonyl (C=O) groups excluding carboxylic acids is 1. The van der Waals surface area contributed by atoms with Gasteiger partial charge in [0, 0.05) is 21.9 Å². The molecule has 96 valence electrons. The number of rotatable bonds is 0. The van der Waals surface area contributed by atoms with Gasteiger partial charge in [-0.1, -0.05) is 46.8 Å². The Labute approximate surface area is 121 Å². The van der Waals surface area contributed by atoms with Gasteiger partial charge in [-0.2, -0.15) is 0 Å². The van der Waals surface area contributed by atoms with Crippen LogP contribution in [-0.2, 0) is 4.79 Å². The van der Waals surface area contributed by atoms with Crippen LogP contribution in [-0.4, -0.2) is 5.78 Å². The zero-order valence-corrected chi connectivity index (χ0v) is 12.2. The summed E-state index contributed by atoms with van der Waals surface area (Å²) < 4.78 is 1.18. The van der Waals surface area contributed by atoms with Crippen molar-refractivity contribution in [2.45, 2.75) is 19.3 Å². The summed E-state index contributed by atoms with van der Waals surface area (Å²) >= 11 is 3.66. The third-order valence-corrected chi connectivity index (χ3v) is 5.76. The van der Waals surface area contributed by atoms with Crippen LogP contribution >= 0.6 is 15.9 Å². The third-order valence-electron chi connectivity index (χ3n) is 4.94. The molecule has 5 rings (SSSR count). The van der Waals surface area contributed by atoms with Crippen LogP contribution in [0.25, 0.3) is 0 Å². The summed E-state index contributed by atoms with van der Waals surface area (Å²) in [5, 5.41) is 0. The SMILES string of the molecule is C=C1C2=C3C(=CC=C(Br)C3CC=C2)C(=O)C2CC1C2. The molecule has 1 nitrogen and oxygen atoms in total. The highest BCUT2D eigenvalue weighted by molar-refractivity contribution is 9.11. The molecule has 1 fully saturated rings. The van der Waals surface area contributed by atoms with Gasteiger partial charge in [-0.3, -0.25) is 4.79 Å². The van der Waals surface area contributed by atoms with Gasteiger partial charge in [0.05, 0.1) is 0 Å². The fraction of sp³-hybridized carbons (Fsp3) is 0.353. The molecule has 2 heteroatoms. The van der Waals surface area contributed by atoms with Gasteiger partial charge >= 0.3 is 0 Å². The van der Waals surface area contributed by atoms with Gasteiger partial charge in [0.25, 0.3) is 0 Å². The Morgan fingerprint density at radius 3 is 2.79 bits per heavy atom. The average Bonchev–Trinajstić information content (AvgIpc) is 2.35. The first-order valence-electron chi connectivity index (χ1n) is 6.88. The minimum atomic E-state index is 0.235. The number of halogens is 1. The van der Waals surface area contributed by atoms with E-state index in [1.807, 2.05) is 6.08 Å². The first kappa shape index (κ1) is 11.7. The number of hydrogen-bond donors (Lipinski definition) is 0. The fourth-order valence-electron chi connectivity index (χ4n) is 3.72. The average molecular weight is 315 g/mol. The van der Waals surface area contributed by atoms with Crippen LogP contribution in [0.2, 0.25) is 0 Å². The van der Waals surface area contributed by atoms with Crippen molar-refractivity contribution in [3.8, 4) is 0 Å². The van der Waals surface area contributed by atoms with Crippen molar-refractivity contribution in [2.75, 3.05) is 0 Å². The molecule has 1 atom stereocenters. The normalized spacial score (nSPS) is 35.9. The van der Waals surface area contributed by atoms with E-state index in [1.165, 1.54) is 21.2 Å². The van der Waals surface area contributed by atoms with E-state index in [1.54, 1.807) is 0 Å². The molecule has 5 aliphatic carbocycles. The van der Waals surface area contributed by atoms with E-state index >= 15 is 0 Å². The Morgan fingerprint density at radius 2 is 2.00 bits per heavy atom. The number of ketones is 1. The molecule has 0 amide bonds. The van der Waals surface area contributed by atoms with Crippen LogP contribution in [0.5, 0.6) is 0 Å². The molecular weight excluding hydrogens is 300 g/mol. The first-order valence-corrected chi connectivity index (χ1v) is 7.68. The molecule has 1 saturated carbocycles. The molecule has 19 heavy (non-hydrogen) atoms. The summed E-state index contributed by atoms with van der Waals surface area (Å²) in [6.45, 7) is 4.31. The van der Waals surface area contributed by atoms with E-state index in [0.717, 1.165) is 24.8 Å². The van der Waals surface area contributed by atoms with Gasteiger partial charge in [0.15, 0.2) is 5.78 Å². The summed E-state index contributed by atoms with van der Waals surface area (Å²) in [7, 11) is 0. The lowest BCUT2D eigenvalue weighted by Crippen LogP contribution is -2.37. The standard InChI is InChI=1S/C17H15BrO/c1-9-10-7-11(8-10)17(19)14-5-6-15(18)13-4-2-3-12(9)16(13)14/h2-3,5-6,10-11,13H,1,4,7-8H2. The lowest BCUT2D eigenvalue weighted by atomic mass is 9.61. The molecule has 0 aromatic rings. The predicted octanol–water partition coefficient (Wildman–Crippen LogP) is 4.24. The second kappa shape index (κ2) is 3.92. The van der Waals surface area contributed by atoms with Crippen LogP contribution in [0.3, 0.4) is 0 Å². The minimum Gasteiger partial charge on any atom is -0.294 e. The van der Waals surface area contributed by atoms with Gasteiger partial charge in [-0.05, 0) is 41.9 Å². The highest BCUT2D eigenvalue weighted by atomic mass is 79.9. The molecule has 0 spiro atoms. The first-order chi connectivity index (χ1) is 9.16. The van der Waals surface area contributed by atoms with Crippen molar-refractivity contribution in [3.63, 3.8) is 0 Å². The van der Waals surface area contributed by atoms with Crippen molar-refractivity contribution in [3.05, 3.63) is 57.7 Å². The fourth-order valence-corrected chi connectivity index (χ4v) is 4.27. The van der Waals surface area contributed by atoms with Crippen molar-refractivity contribution >= 4 is 21.7 Å². The second-order valence-electron chi connectivity index (χ2n) is 5.90. The summed E-state index contributed by atoms with van der Waals surface area (Å²) in [6, 6.07) is 0. The minimum absolute atomic E-state index is 0.235. The van der Waals surface area contributed by atoms with Gasteiger partial charge < -0.3 is 0 Å². The van der Waals surface area contributed by atoms with Gasteiger partial charge in [0.1, 0.15) is 0 Å².